The van der Waals surface area contributed by atoms with E-state index in [0.29, 0.717) is 17.6 Å². The second-order valence-corrected chi connectivity index (χ2v) is 5.17. The highest BCUT2D eigenvalue weighted by Crippen LogP contribution is 2.29. The van der Waals surface area contributed by atoms with E-state index >= 15 is 0 Å². The van der Waals surface area contributed by atoms with Gasteiger partial charge in [-0.05, 0) is 20.3 Å². The zero-order valence-electron chi connectivity index (χ0n) is 12.1. The predicted molar refractivity (Wildman–Crippen MR) is 81.7 cm³/mol. The molecule has 0 radical (unpaired) electrons. The van der Waals surface area contributed by atoms with Gasteiger partial charge in [0.15, 0.2) is 5.82 Å². The van der Waals surface area contributed by atoms with Gasteiger partial charge >= 0.3 is 0 Å². The molecule has 0 aliphatic heterocycles. The molecule has 0 amide bonds. The third kappa shape index (κ3) is 3.17. The van der Waals surface area contributed by atoms with Gasteiger partial charge in [-0.1, -0.05) is 48.9 Å². The largest absolute Gasteiger partial charge is 0.368 e. The van der Waals surface area contributed by atoms with Crippen LogP contribution in [0.3, 0.4) is 0 Å². The molecule has 106 valence electrons. The average Bonchev–Trinajstić information content (AvgIpc) is 2.47. The van der Waals surface area contributed by atoms with Crippen molar-refractivity contribution in [2.24, 2.45) is 0 Å². The Bertz CT molecular complexity index is 574. The first-order valence-electron chi connectivity index (χ1n) is 6.83. The Kier molecular flexibility index (Phi) is 4.73. The molecule has 1 unspecified atom stereocenters. The average molecular weight is 291 g/mol. The van der Waals surface area contributed by atoms with Crippen LogP contribution in [0.4, 0.5) is 0 Å². The van der Waals surface area contributed by atoms with Crippen LogP contribution in [0.25, 0.3) is 11.3 Å². The maximum absolute atomic E-state index is 6.16. The number of ether oxygens (including phenoxy) is 1. The SMILES string of the molecule is CCOC(C)(CC)c1nc(Cl)cc(-c2ccccc2)n1. The van der Waals surface area contributed by atoms with Crippen molar-refractivity contribution in [2.45, 2.75) is 32.8 Å². The van der Waals surface area contributed by atoms with Crippen molar-refractivity contribution in [3.8, 4) is 11.3 Å². The molecule has 2 aromatic rings. The van der Waals surface area contributed by atoms with E-state index < -0.39 is 5.60 Å². The highest BCUT2D eigenvalue weighted by molar-refractivity contribution is 6.29. The molecule has 3 nitrogen and oxygen atoms in total. The van der Waals surface area contributed by atoms with Gasteiger partial charge in [0.25, 0.3) is 0 Å². The zero-order chi connectivity index (χ0) is 14.6. The monoisotopic (exact) mass is 290 g/mol. The van der Waals surface area contributed by atoms with Gasteiger partial charge in [0.2, 0.25) is 0 Å². The Labute approximate surface area is 125 Å². The van der Waals surface area contributed by atoms with Crippen LogP contribution in [0.15, 0.2) is 36.4 Å². The van der Waals surface area contributed by atoms with Gasteiger partial charge < -0.3 is 4.74 Å². The maximum atomic E-state index is 6.16. The molecular weight excluding hydrogens is 272 g/mol. The van der Waals surface area contributed by atoms with Crippen molar-refractivity contribution in [1.82, 2.24) is 9.97 Å². The molecule has 20 heavy (non-hydrogen) atoms. The number of hydrogen-bond acceptors (Lipinski definition) is 3. The minimum atomic E-state index is -0.511. The summed E-state index contributed by atoms with van der Waals surface area (Å²) in [6.45, 7) is 6.64. The first-order chi connectivity index (χ1) is 9.59. The van der Waals surface area contributed by atoms with Crippen LogP contribution in [-0.2, 0) is 10.3 Å². The standard InChI is InChI=1S/C16H19ClN2O/c1-4-16(3,20-5-2)15-18-13(11-14(17)19-15)12-9-7-6-8-10-12/h6-11H,4-5H2,1-3H3. The van der Waals surface area contributed by atoms with Crippen LogP contribution in [0.5, 0.6) is 0 Å². The lowest BCUT2D eigenvalue weighted by Gasteiger charge is -2.26. The minimum Gasteiger partial charge on any atom is -0.368 e. The van der Waals surface area contributed by atoms with Crippen molar-refractivity contribution >= 4 is 11.6 Å². The lowest BCUT2D eigenvalue weighted by molar-refractivity contribution is -0.0389. The zero-order valence-corrected chi connectivity index (χ0v) is 12.8. The molecular formula is C16H19ClN2O. The Morgan fingerprint density at radius 1 is 1.15 bits per heavy atom. The van der Waals surface area contributed by atoms with E-state index in [1.165, 1.54) is 0 Å². The molecule has 2 rings (SSSR count). The van der Waals surface area contributed by atoms with Gasteiger partial charge in [-0.2, -0.15) is 0 Å². The van der Waals surface area contributed by atoms with Gasteiger partial charge in [-0.25, -0.2) is 9.97 Å². The summed E-state index contributed by atoms with van der Waals surface area (Å²) in [5, 5.41) is 0.438. The van der Waals surface area contributed by atoms with Crippen LogP contribution in [-0.4, -0.2) is 16.6 Å². The number of nitrogens with zero attached hydrogens (tertiary/aromatic N) is 2. The molecule has 4 heteroatoms. The third-order valence-electron chi connectivity index (χ3n) is 3.38. The summed E-state index contributed by atoms with van der Waals surface area (Å²) in [7, 11) is 0. The summed E-state index contributed by atoms with van der Waals surface area (Å²) in [5.41, 5.74) is 1.33. The predicted octanol–water partition coefficient (Wildman–Crippen LogP) is 4.46. The Morgan fingerprint density at radius 3 is 2.45 bits per heavy atom. The normalized spacial score (nSPS) is 14.0. The van der Waals surface area contributed by atoms with Gasteiger partial charge in [0, 0.05) is 18.2 Å². The van der Waals surface area contributed by atoms with Crippen molar-refractivity contribution in [3.05, 3.63) is 47.4 Å². The topological polar surface area (TPSA) is 35.0 Å². The number of benzene rings is 1. The first-order valence-corrected chi connectivity index (χ1v) is 7.21. The van der Waals surface area contributed by atoms with Crippen LogP contribution in [0.2, 0.25) is 5.15 Å². The second-order valence-electron chi connectivity index (χ2n) is 4.78. The van der Waals surface area contributed by atoms with Gasteiger partial charge in [-0.3, -0.25) is 0 Å². The molecule has 0 N–H and O–H groups in total. The lowest BCUT2D eigenvalue weighted by Crippen LogP contribution is -2.28. The molecule has 0 aliphatic carbocycles. The molecule has 0 saturated heterocycles. The molecule has 0 fully saturated rings. The molecule has 0 spiro atoms. The highest BCUT2D eigenvalue weighted by atomic mass is 35.5. The van der Waals surface area contributed by atoms with Crippen molar-refractivity contribution in [3.63, 3.8) is 0 Å². The van der Waals surface area contributed by atoms with Crippen LogP contribution in [0, 0.1) is 0 Å². The summed E-state index contributed by atoms with van der Waals surface area (Å²) in [4.78, 5) is 9.00. The molecule has 0 saturated carbocycles. The van der Waals surface area contributed by atoms with Crippen molar-refractivity contribution < 1.29 is 4.74 Å². The highest BCUT2D eigenvalue weighted by Gasteiger charge is 2.29. The van der Waals surface area contributed by atoms with E-state index in [1.54, 1.807) is 6.07 Å². The van der Waals surface area contributed by atoms with Crippen LogP contribution in [0.1, 0.15) is 33.0 Å². The number of hydrogen-bond donors (Lipinski definition) is 0. The number of halogens is 1. The van der Waals surface area contributed by atoms with E-state index in [0.717, 1.165) is 17.7 Å². The summed E-state index contributed by atoms with van der Waals surface area (Å²) in [6, 6.07) is 11.7. The molecule has 1 aromatic heterocycles. The smallest absolute Gasteiger partial charge is 0.162 e. The van der Waals surface area contributed by atoms with E-state index in [9.17, 15) is 0 Å². The number of rotatable bonds is 5. The summed E-state index contributed by atoms with van der Waals surface area (Å²) < 4.78 is 5.83. The summed E-state index contributed by atoms with van der Waals surface area (Å²) in [5.74, 6) is 0.633. The first kappa shape index (κ1) is 14.9. The molecule has 0 aliphatic rings. The molecule has 1 heterocycles. The molecule has 0 bridgehead atoms. The summed E-state index contributed by atoms with van der Waals surface area (Å²) >= 11 is 6.16. The van der Waals surface area contributed by atoms with E-state index in [-0.39, 0.29) is 0 Å². The Morgan fingerprint density at radius 2 is 1.85 bits per heavy atom. The van der Waals surface area contributed by atoms with Gasteiger partial charge in [0.1, 0.15) is 10.8 Å². The summed E-state index contributed by atoms with van der Waals surface area (Å²) in [6.07, 6.45) is 0.787. The Hall–Kier alpha value is -1.45. The maximum Gasteiger partial charge on any atom is 0.162 e. The van der Waals surface area contributed by atoms with Crippen molar-refractivity contribution in [1.29, 1.82) is 0 Å². The Balaban J connectivity index is 2.49. The van der Waals surface area contributed by atoms with Gasteiger partial charge in [0.05, 0.1) is 5.69 Å². The fourth-order valence-corrected chi connectivity index (χ4v) is 2.24. The lowest BCUT2D eigenvalue weighted by atomic mass is 10.0. The van der Waals surface area contributed by atoms with E-state index in [2.05, 4.69) is 16.9 Å². The van der Waals surface area contributed by atoms with Crippen LogP contribution < -0.4 is 0 Å². The van der Waals surface area contributed by atoms with E-state index in [1.807, 2.05) is 44.2 Å². The van der Waals surface area contributed by atoms with Gasteiger partial charge in [-0.15, -0.1) is 0 Å². The van der Waals surface area contributed by atoms with E-state index in [4.69, 9.17) is 16.3 Å². The molecule has 1 atom stereocenters. The third-order valence-corrected chi connectivity index (χ3v) is 3.57. The second kappa shape index (κ2) is 6.33. The van der Waals surface area contributed by atoms with Crippen LogP contribution >= 0.6 is 11.6 Å². The number of aromatic nitrogens is 2. The fraction of sp³-hybridized carbons (Fsp3) is 0.375. The van der Waals surface area contributed by atoms with Crippen molar-refractivity contribution in [2.75, 3.05) is 6.61 Å². The minimum absolute atomic E-state index is 0.438. The fourth-order valence-electron chi connectivity index (χ4n) is 2.05. The quantitative estimate of drug-likeness (QED) is 0.763. The molecule has 1 aromatic carbocycles.